The van der Waals surface area contributed by atoms with Crippen molar-refractivity contribution in [3.05, 3.63) is 56.8 Å². The summed E-state index contributed by atoms with van der Waals surface area (Å²) in [5.74, 6) is -0.164. The molecule has 0 bridgehead atoms. The van der Waals surface area contributed by atoms with E-state index in [1.54, 1.807) is 6.07 Å². The lowest BCUT2D eigenvalue weighted by Gasteiger charge is -2.07. The molecule has 0 aliphatic heterocycles. The summed E-state index contributed by atoms with van der Waals surface area (Å²) in [7, 11) is 0. The van der Waals surface area contributed by atoms with E-state index in [0.717, 1.165) is 11.1 Å². The van der Waals surface area contributed by atoms with Crippen LogP contribution in [0, 0.1) is 13.8 Å². The van der Waals surface area contributed by atoms with E-state index >= 15 is 0 Å². The lowest BCUT2D eigenvalue weighted by atomic mass is 10.1. The normalized spacial score (nSPS) is 10.3. The second-order valence-electron chi connectivity index (χ2n) is 4.33. The Morgan fingerprint density at radius 3 is 2.42 bits per heavy atom. The molecule has 0 fully saturated rings. The molecular weight excluding hydrogens is 328 g/mol. The lowest BCUT2D eigenvalue weighted by Crippen LogP contribution is -2.12. The number of carbonyl (C=O) groups is 1. The Hall–Kier alpha value is -1.39. The van der Waals surface area contributed by atoms with Crippen LogP contribution in [-0.2, 0) is 0 Å². The fraction of sp³-hybridized carbons (Fsp3) is 0.143. The largest absolute Gasteiger partial charge is 0.321 e. The standard InChI is InChI=1S/C14H12BrClN2O/c1-8-3-9(2)5-10(4-8)14(19)18-11-6-12(15)13(16)17-7-11/h3-7H,1-2H3,(H,18,19). The van der Waals surface area contributed by atoms with E-state index in [0.29, 0.717) is 20.9 Å². The molecule has 98 valence electrons. The number of rotatable bonds is 2. The molecule has 0 atom stereocenters. The van der Waals surface area contributed by atoms with Gasteiger partial charge in [-0.1, -0.05) is 28.8 Å². The first-order valence-electron chi connectivity index (χ1n) is 5.66. The number of halogens is 2. The van der Waals surface area contributed by atoms with E-state index in [9.17, 15) is 4.79 Å². The molecule has 3 nitrogen and oxygen atoms in total. The number of hydrogen-bond donors (Lipinski definition) is 1. The molecular formula is C14H12BrClN2O. The number of hydrogen-bond acceptors (Lipinski definition) is 2. The Labute approximate surface area is 125 Å². The van der Waals surface area contributed by atoms with Crippen LogP contribution in [0.2, 0.25) is 5.15 Å². The number of pyridine rings is 1. The molecule has 1 heterocycles. The van der Waals surface area contributed by atoms with Gasteiger partial charge in [-0.05, 0) is 48.0 Å². The Morgan fingerprint density at radius 2 is 1.84 bits per heavy atom. The van der Waals surface area contributed by atoms with Crippen molar-refractivity contribution in [1.82, 2.24) is 4.98 Å². The van der Waals surface area contributed by atoms with Gasteiger partial charge in [0.25, 0.3) is 5.91 Å². The fourth-order valence-electron chi connectivity index (χ4n) is 1.80. The number of nitrogens with zero attached hydrogens (tertiary/aromatic N) is 1. The summed E-state index contributed by atoms with van der Waals surface area (Å²) in [5.41, 5.74) is 3.34. The summed E-state index contributed by atoms with van der Waals surface area (Å²) in [6, 6.07) is 7.44. The molecule has 0 aliphatic rings. The second kappa shape index (κ2) is 5.72. The maximum atomic E-state index is 12.1. The molecule has 0 saturated heterocycles. The fourth-order valence-corrected chi connectivity index (χ4v) is 2.25. The van der Waals surface area contributed by atoms with Crippen molar-refractivity contribution >= 4 is 39.1 Å². The average molecular weight is 340 g/mol. The van der Waals surface area contributed by atoms with Gasteiger partial charge in [0, 0.05) is 5.56 Å². The van der Waals surface area contributed by atoms with Gasteiger partial charge in [-0.2, -0.15) is 0 Å². The minimum atomic E-state index is -0.164. The maximum Gasteiger partial charge on any atom is 0.255 e. The van der Waals surface area contributed by atoms with Crippen molar-refractivity contribution in [2.75, 3.05) is 5.32 Å². The Balaban J connectivity index is 2.22. The molecule has 1 aromatic heterocycles. The number of benzene rings is 1. The third-order valence-corrected chi connectivity index (χ3v) is 3.67. The molecule has 0 radical (unpaired) electrons. The van der Waals surface area contributed by atoms with Crippen LogP contribution in [-0.4, -0.2) is 10.9 Å². The van der Waals surface area contributed by atoms with Gasteiger partial charge in [0.15, 0.2) is 0 Å². The van der Waals surface area contributed by atoms with Gasteiger partial charge in [0.2, 0.25) is 0 Å². The zero-order chi connectivity index (χ0) is 14.0. The van der Waals surface area contributed by atoms with Crippen LogP contribution in [0.1, 0.15) is 21.5 Å². The maximum absolute atomic E-state index is 12.1. The van der Waals surface area contributed by atoms with Crippen LogP contribution >= 0.6 is 27.5 Å². The number of aromatic nitrogens is 1. The highest BCUT2D eigenvalue weighted by Gasteiger charge is 2.08. The van der Waals surface area contributed by atoms with Crippen LogP contribution in [0.25, 0.3) is 0 Å². The van der Waals surface area contributed by atoms with E-state index in [1.165, 1.54) is 6.20 Å². The van der Waals surface area contributed by atoms with Crippen LogP contribution in [0.15, 0.2) is 34.9 Å². The molecule has 2 aromatic rings. The minimum Gasteiger partial charge on any atom is -0.321 e. The summed E-state index contributed by atoms with van der Waals surface area (Å²) >= 11 is 9.07. The summed E-state index contributed by atoms with van der Waals surface area (Å²) in [4.78, 5) is 16.1. The highest BCUT2D eigenvalue weighted by atomic mass is 79.9. The third kappa shape index (κ3) is 3.55. The van der Waals surface area contributed by atoms with Gasteiger partial charge in [0.05, 0.1) is 16.4 Å². The van der Waals surface area contributed by atoms with Gasteiger partial charge >= 0.3 is 0 Å². The quantitative estimate of drug-likeness (QED) is 0.826. The van der Waals surface area contributed by atoms with Gasteiger partial charge in [-0.15, -0.1) is 0 Å². The predicted molar refractivity (Wildman–Crippen MR) is 80.8 cm³/mol. The summed E-state index contributed by atoms with van der Waals surface area (Å²) in [6.07, 6.45) is 1.52. The second-order valence-corrected chi connectivity index (χ2v) is 5.54. The summed E-state index contributed by atoms with van der Waals surface area (Å²) < 4.78 is 0.646. The minimum absolute atomic E-state index is 0.164. The number of aryl methyl sites for hydroxylation is 2. The topological polar surface area (TPSA) is 42.0 Å². The number of nitrogens with one attached hydrogen (secondary N) is 1. The smallest absolute Gasteiger partial charge is 0.255 e. The molecule has 2 rings (SSSR count). The van der Waals surface area contributed by atoms with Gasteiger partial charge in [-0.3, -0.25) is 4.79 Å². The molecule has 0 aliphatic carbocycles. The van der Waals surface area contributed by atoms with Crippen molar-refractivity contribution in [1.29, 1.82) is 0 Å². The van der Waals surface area contributed by atoms with Gasteiger partial charge in [-0.25, -0.2) is 4.98 Å². The molecule has 1 aromatic carbocycles. The molecule has 1 amide bonds. The van der Waals surface area contributed by atoms with E-state index < -0.39 is 0 Å². The Morgan fingerprint density at radius 1 is 1.21 bits per heavy atom. The van der Waals surface area contributed by atoms with Crippen molar-refractivity contribution in [2.24, 2.45) is 0 Å². The first kappa shape index (κ1) is 14.0. The van der Waals surface area contributed by atoms with Crippen molar-refractivity contribution in [3.63, 3.8) is 0 Å². The van der Waals surface area contributed by atoms with Crippen molar-refractivity contribution in [3.8, 4) is 0 Å². The highest BCUT2D eigenvalue weighted by Crippen LogP contribution is 2.23. The van der Waals surface area contributed by atoms with E-state index in [-0.39, 0.29) is 5.91 Å². The molecule has 0 spiro atoms. The van der Waals surface area contributed by atoms with Gasteiger partial charge in [0.1, 0.15) is 5.15 Å². The van der Waals surface area contributed by atoms with Gasteiger partial charge < -0.3 is 5.32 Å². The summed E-state index contributed by atoms with van der Waals surface area (Å²) in [5, 5.41) is 3.16. The van der Waals surface area contributed by atoms with E-state index in [4.69, 9.17) is 11.6 Å². The number of carbonyl (C=O) groups excluding carboxylic acids is 1. The van der Waals surface area contributed by atoms with Crippen LogP contribution in [0.4, 0.5) is 5.69 Å². The van der Waals surface area contributed by atoms with Crippen molar-refractivity contribution < 1.29 is 4.79 Å². The molecule has 5 heteroatoms. The Kier molecular flexibility index (Phi) is 4.22. The molecule has 1 N–H and O–H groups in total. The number of amides is 1. The molecule has 0 unspecified atom stereocenters. The zero-order valence-corrected chi connectivity index (χ0v) is 12.8. The molecule has 0 saturated carbocycles. The van der Waals surface area contributed by atoms with Crippen LogP contribution in [0.3, 0.4) is 0 Å². The first-order valence-corrected chi connectivity index (χ1v) is 6.83. The third-order valence-electron chi connectivity index (χ3n) is 2.54. The monoisotopic (exact) mass is 338 g/mol. The van der Waals surface area contributed by atoms with Crippen LogP contribution in [0.5, 0.6) is 0 Å². The number of anilines is 1. The zero-order valence-electron chi connectivity index (χ0n) is 10.5. The predicted octanol–water partition coefficient (Wildman–Crippen LogP) is 4.37. The van der Waals surface area contributed by atoms with E-state index in [2.05, 4.69) is 26.2 Å². The van der Waals surface area contributed by atoms with E-state index in [1.807, 2.05) is 32.0 Å². The summed E-state index contributed by atoms with van der Waals surface area (Å²) in [6.45, 7) is 3.93. The first-order chi connectivity index (χ1) is 8.95. The average Bonchev–Trinajstić information content (AvgIpc) is 2.32. The van der Waals surface area contributed by atoms with Crippen molar-refractivity contribution in [2.45, 2.75) is 13.8 Å². The Bertz CT molecular complexity index is 623. The molecule has 19 heavy (non-hydrogen) atoms. The highest BCUT2D eigenvalue weighted by molar-refractivity contribution is 9.10. The lowest BCUT2D eigenvalue weighted by molar-refractivity contribution is 0.102. The SMILES string of the molecule is Cc1cc(C)cc(C(=O)Nc2cnc(Cl)c(Br)c2)c1. The van der Waals surface area contributed by atoms with Crippen LogP contribution < -0.4 is 5.32 Å².